The number of para-hydroxylation sites is 4. The smallest absolute Gasteiger partial charge is 0.0541 e. The van der Waals surface area contributed by atoms with Gasteiger partial charge in [0.1, 0.15) is 0 Å². The molecule has 5 aromatic carbocycles. The summed E-state index contributed by atoms with van der Waals surface area (Å²) in [6, 6.07) is 40.7. The minimum absolute atomic E-state index is 0.858. The molecule has 7 aromatic rings. The van der Waals surface area contributed by atoms with Gasteiger partial charge >= 0.3 is 0 Å². The Morgan fingerprint density at radius 3 is 1.09 bits per heavy atom. The van der Waals surface area contributed by atoms with E-state index in [0.29, 0.717) is 0 Å². The highest BCUT2D eigenvalue weighted by atomic mass is 15.0. The SMILES string of the molecule is C#Cc1cc(-n2c3ccccc3c3ccccc32)cc(-n2c3ccccc3c3ccccc32)c1. The second kappa shape index (κ2) is 7.13. The normalized spacial score (nSPS) is 11.5. The summed E-state index contributed by atoms with van der Waals surface area (Å²) >= 11 is 0. The summed E-state index contributed by atoms with van der Waals surface area (Å²) in [6.07, 6.45) is 5.98. The van der Waals surface area contributed by atoms with E-state index < -0.39 is 0 Å². The molecule has 2 aromatic heterocycles. The molecule has 7 rings (SSSR count). The summed E-state index contributed by atoms with van der Waals surface area (Å²) in [6.45, 7) is 0. The standard InChI is InChI=1S/C32H20N2/c1-2-22-19-23(33-29-15-7-3-11-25(29)26-12-4-8-16-30(26)33)21-24(20-22)34-31-17-9-5-13-27(31)28-14-6-10-18-32(28)34/h1,3-21H. The minimum Gasteiger partial charge on any atom is -0.309 e. The first-order valence-corrected chi connectivity index (χ1v) is 11.4. The van der Waals surface area contributed by atoms with Gasteiger partial charge in [-0.3, -0.25) is 0 Å². The lowest BCUT2D eigenvalue weighted by atomic mass is 10.1. The van der Waals surface area contributed by atoms with E-state index in [1.165, 1.54) is 43.6 Å². The monoisotopic (exact) mass is 432 g/mol. The summed E-state index contributed by atoms with van der Waals surface area (Å²) in [5.41, 5.74) is 7.67. The fourth-order valence-electron chi connectivity index (χ4n) is 5.34. The Morgan fingerprint density at radius 1 is 0.441 bits per heavy atom. The highest BCUT2D eigenvalue weighted by Gasteiger charge is 2.15. The topological polar surface area (TPSA) is 9.86 Å². The lowest BCUT2D eigenvalue weighted by Gasteiger charge is -2.14. The van der Waals surface area contributed by atoms with Gasteiger partial charge in [0.25, 0.3) is 0 Å². The first-order chi connectivity index (χ1) is 16.8. The molecule has 2 heteroatoms. The average Bonchev–Trinajstić information content (AvgIpc) is 3.42. The highest BCUT2D eigenvalue weighted by molar-refractivity contribution is 6.10. The maximum atomic E-state index is 5.98. The van der Waals surface area contributed by atoms with Crippen LogP contribution < -0.4 is 0 Å². The van der Waals surface area contributed by atoms with Gasteiger partial charge in [0.2, 0.25) is 0 Å². The van der Waals surface area contributed by atoms with Crippen molar-refractivity contribution in [2.24, 2.45) is 0 Å². The lowest BCUT2D eigenvalue weighted by molar-refractivity contribution is 1.13. The van der Waals surface area contributed by atoms with E-state index in [1.807, 2.05) is 0 Å². The highest BCUT2D eigenvalue weighted by Crippen LogP contribution is 2.35. The first kappa shape index (κ1) is 18.8. The van der Waals surface area contributed by atoms with E-state index in [0.717, 1.165) is 16.9 Å². The Kier molecular flexibility index (Phi) is 3.94. The van der Waals surface area contributed by atoms with Crippen LogP contribution in [0.3, 0.4) is 0 Å². The van der Waals surface area contributed by atoms with Gasteiger partial charge in [-0.15, -0.1) is 6.42 Å². The molecule has 0 fully saturated rings. The fourth-order valence-corrected chi connectivity index (χ4v) is 5.34. The molecule has 0 unspecified atom stereocenters. The van der Waals surface area contributed by atoms with Crippen LogP contribution in [0.1, 0.15) is 5.56 Å². The van der Waals surface area contributed by atoms with Crippen LogP contribution >= 0.6 is 0 Å². The van der Waals surface area contributed by atoms with E-state index in [2.05, 4.69) is 130 Å². The number of terminal acetylenes is 1. The first-order valence-electron chi connectivity index (χ1n) is 11.4. The van der Waals surface area contributed by atoms with E-state index in [4.69, 9.17) is 6.42 Å². The molecule has 34 heavy (non-hydrogen) atoms. The van der Waals surface area contributed by atoms with Crippen LogP contribution in [0, 0.1) is 12.3 Å². The number of fused-ring (bicyclic) bond motifs is 6. The molecule has 0 saturated heterocycles. The Hall–Kier alpha value is -4.74. The molecule has 2 heterocycles. The predicted molar refractivity (Wildman–Crippen MR) is 143 cm³/mol. The van der Waals surface area contributed by atoms with Gasteiger partial charge in [-0.25, -0.2) is 0 Å². The molecule has 0 atom stereocenters. The number of rotatable bonds is 2. The molecule has 2 nitrogen and oxygen atoms in total. The molecule has 158 valence electrons. The average molecular weight is 433 g/mol. The molecule has 0 bridgehead atoms. The fraction of sp³-hybridized carbons (Fsp3) is 0. The van der Waals surface area contributed by atoms with Gasteiger partial charge < -0.3 is 9.13 Å². The van der Waals surface area contributed by atoms with Crippen LogP contribution in [0.25, 0.3) is 55.0 Å². The van der Waals surface area contributed by atoms with Crippen LogP contribution in [0.4, 0.5) is 0 Å². The van der Waals surface area contributed by atoms with Gasteiger partial charge in [-0.2, -0.15) is 0 Å². The molecular weight excluding hydrogens is 412 g/mol. The van der Waals surface area contributed by atoms with E-state index in [-0.39, 0.29) is 0 Å². The molecule has 0 N–H and O–H groups in total. The van der Waals surface area contributed by atoms with Crippen molar-refractivity contribution in [3.63, 3.8) is 0 Å². The van der Waals surface area contributed by atoms with Crippen molar-refractivity contribution < 1.29 is 0 Å². The quantitative estimate of drug-likeness (QED) is 0.246. The Balaban J connectivity index is 1.60. The summed E-state index contributed by atoms with van der Waals surface area (Å²) in [7, 11) is 0. The maximum absolute atomic E-state index is 5.98. The van der Waals surface area contributed by atoms with E-state index in [1.54, 1.807) is 0 Å². The van der Waals surface area contributed by atoms with Crippen LogP contribution in [-0.4, -0.2) is 9.13 Å². The number of hydrogen-bond donors (Lipinski definition) is 0. The Bertz CT molecular complexity index is 1690. The molecule has 0 amide bonds. The van der Waals surface area contributed by atoms with Crippen molar-refractivity contribution in [2.45, 2.75) is 0 Å². The van der Waals surface area contributed by atoms with Gasteiger partial charge in [0, 0.05) is 38.5 Å². The van der Waals surface area contributed by atoms with Gasteiger partial charge in [0.15, 0.2) is 0 Å². The molecular formula is C32H20N2. The predicted octanol–water partition coefficient (Wildman–Crippen LogP) is 7.86. The van der Waals surface area contributed by atoms with E-state index in [9.17, 15) is 0 Å². The largest absolute Gasteiger partial charge is 0.309 e. The summed E-state index contributed by atoms with van der Waals surface area (Å²) < 4.78 is 4.64. The molecule has 0 saturated carbocycles. The summed E-state index contributed by atoms with van der Waals surface area (Å²) in [4.78, 5) is 0. The zero-order valence-electron chi connectivity index (χ0n) is 18.4. The maximum Gasteiger partial charge on any atom is 0.0541 e. The third-order valence-electron chi connectivity index (χ3n) is 6.75. The Labute approximate surface area is 197 Å². The van der Waals surface area contributed by atoms with Crippen LogP contribution in [0.2, 0.25) is 0 Å². The van der Waals surface area contributed by atoms with Crippen LogP contribution in [0.5, 0.6) is 0 Å². The number of nitrogens with zero attached hydrogens (tertiary/aromatic N) is 2. The minimum atomic E-state index is 0.858. The lowest BCUT2D eigenvalue weighted by Crippen LogP contribution is -2.00. The third-order valence-corrected chi connectivity index (χ3v) is 6.75. The zero-order chi connectivity index (χ0) is 22.6. The van der Waals surface area contributed by atoms with Gasteiger partial charge in [-0.05, 0) is 42.5 Å². The van der Waals surface area contributed by atoms with Crippen LogP contribution in [0.15, 0.2) is 115 Å². The van der Waals surface area contributed by atoms with Crippen molar-refractivity contribution in [3.8, 4) is 23.7 Å². The number of benzene rings is 5. The molecule has 0 radical (unpaired) electrons. The molecule has 0 spiro atoms. The second-order valence-electron chi connectivity index (χ2n) is 8.62. The van der Waals surface area contributed by atoms with Crippen molar-refractivity contribution in [1.29, 1.82) is 0 Å². The molecule has 0 aliphatic rings. The molecule has 0 aliphatic carbocycles. The zero-order valence-corrected chi connectivity index (χ0v) is 18.4. The van der Waals surface area contributed by atoms with Crippen molar-refractivity contribution in [2.75, 3.05) is 0 Å². The van der Waals surface area contributed by atoms with E-state index >= 15 is 0 Å². The summed E-state index contributed by atoms with van der Waals surface area (Å²) in [5, 5.41) is 4.95. The second-order valence-corrected chi connectivity index (χ2v) is 8.62. The van der Waals surface area contributed by atoms with Crippen molar-refractivity contribution in [1.82, 2.24) is 9.13 Å². The van der Waals surface area contributed by atoms with Gasteiger partial charge in [-0.1, -0.05) is 78.7 Å². The van der Waals surface area contributed by atoms with Crippen LogP contribution in [-0.2, 0) is 0 Å². The third kappa shape index (κ3) is 2.59. The number of aromatic nitrogens is 2. The van der Waals surface area contributed by atoms with Crippen molar-refractivity contribution >= 4 is 43.6 Å². The van der Waals surface area contributed by atoms with Crippen molar-refractivity contribution in [3.05, 3.63) is 121 Å². The summed E-state index contributed by atoms with van der Waals surface area (Å²) in [5.74, 6) is 2.90. The number of hydrogen-bond acceptors (Lipinski definition) is 0. The Morgan fingerprint density at radius 2 is 0.765 bits per heavy atom. The van der Waals surface area contributed by atoms with Gasteiger partial charge in [0.05, 0.1) is 22.1 Å². The molecule has 0 aliphatic heterocycles.